The molecule has 2 N–H and O–H groups in total. The normalized spacial score (nSPS) is 11.8. The van der Waals surface area contributed by atoms with E-state index in [0.29, 0.717) is 11.6 Å². The van der Waals surface area contributed by atoms with Gasteiger partial charge in [-0.3, -0.25) is 0 Å². The fourth-order valence-corrected chi connectivity index (χ4v) is 2.60. The van der Waals surface area contributed by atoms with Gasteiger partial charge in [-0.2, -0.15) is 10.1 Å². The summed E-state index contributed by atoms with van der Waals surface area (Å²) < 4.78 is 5.16. The molecule has 4 aromatic rings. The highest BCUT2D eigenvalue weighted by Gasteiger charge is 2.08. The number of ether oxygens (including phenoxy) is 1. The molecule has 0 radical (unpaired) electrons. The van der Waals surface area contributed by atoms with Crippen molar-refractivity contribution in [3.8, 4) is 5.75 Å². The van der Waals surface area contributed by atoms with Crippen LogP contribution in [0.2, 0.25) is 0 Å². The summed E-state index contributed by atoms with van der Waals surface area (Å²) in [5.41, 5.74) is 7.05. The van der Waals surface area contributed by atoms with Gasteiger partial charge < -0.3 is 9.72 Å². The minimum atomic E-state index is 0.340. The second kappa shape index (κ2) is 6.20. The number of hydrazone groups is 1. The number of aromatic amines is 1. The number of nitrogens with one attached hydrogen (secondary N) is 2. The smallest absolute Gasteiger partial charge is 0.265 e. The van der Waals surface area contributed by atoms with Crippen molar-refractivity contribution in [3.63, 3.8) is 0 Å². The molecule has 0 aliphatic heterocycles. The van der Waals surface area contributed by atoms with E-state index < -0.39 is 0 Å². The Kier molecular flexibility index (Phi) is 3.74. The van der Waals surface area contributed by atoms with Crippen LogP contribution >= 0.6 is 0 Å². The van der Waals surface area contributed by atoms with Crippen LogP contribution < -0.4 is 10.2 Å². The van der Waals surface area contributed by atoms with Gasteiger partial charge in [-0.1, -0.05) is 18.2 Å². The van der Waals surface area contributed by atoms with Crippen LogP contribution in [-0.4, -0.2) is 33.0 Å². The van der Waals surface area contributed by atoms with Crippen molar-refractivity contribution >= 4 is 33.7 Å². The van der Waals surface area contributed by atoms with E-state index in [-0.39, 0.29) is 0 Å². The van der Waals surface area contributed by atoms with Crippen molar-refractivity contribution in [2.75, 3.05) is 12.5 Å². The van der Waals surface area contributed by atoms with Gasteiger partial charge in [0, 0.05) is 10.9 Å². The number of hydrogen-bond acceptors (Lipinski definition) is 6. The summed E-state index contributed by atoms with van der Waals surface area (Å²) in [6.45, 7) is 1.91. The van der Waals surface area contributed by atoms with Crippen LogP contribution in [0.4, 0.5) is 5.95 Å². The summed E-state index contributed by atoms with van der Waals surface area (Å²) in [5, 5.41) is 13.7. The maximum Gasteiger partial charge on any atom is 0.265 e. The Labute approximate surface area is 143 Å². The quantitative estimate of drug-likeness (QED) is 0.442. The number of para-hydroxylation sites is 1. The van der Waals surface area contributed by atoms with E-state index in [1.165, 1.54) is 0 Å². The van der Waals surface area contributed by atoms with Gasteiger partial charge in [0.25, 0.3) is 5.95 Å². The third kappa shape index (κ3) is 2.87. The average Bonchev–Trinajstić information content (AvgIpc) is 3.04. The van der Waals surface area contributed by atoms with Crippen LogP contribution in [0.25, 0.3) is 22.1 Å². The molecule has 2 aromatic heterocycles. The zero-order chi connectivity index (χ0) is 17.2. The van der Waals surface area contributed by atoms with Crippen LogP contribution in [0.1, 0.15) is 12.5 Å². The molecule has 0 unspecified atom stereocenters. The lowest BCUT2D eigenvalue weighted by atomic mass is 10.1. The molecule has 7 heteroatoms. The van der Waals surface area contributed by atoms with Crippen LogP contribution in [0.5, 0.6) is 5.75 Å². The fourth-order valence-electron chi connectivity index (χ4n) is 2.60. The van der Waals surface area contributed by atoms with Gasteiger partial charge in [-0.15, -0.1) is 10.2 Å². The van der Waals surface area contributed by atoms with Crippen LogP contribution in [0, 0.1) is 0 Å². The molecule has 0 aliphatic rings. The van der Waals surface area contributed by atoms with E-state index in [0.717, 1.165) is 33.4 Å². The van der Waals surface area contributed by atoms with E-state index in [4.69, 9.17) is 4.74 Å². The Morgan fingerprint density at radius 2 is 1.88 bits per heavy atom. The molecule has 0 amide bonds. The number of benzene rings is 2. The third-order valence-corrected chi connectivity index (χ3v) is 3.95. The Balaban J connectivity index is 1.60. The van der Waals surface area contributed by atoms with E-state index in [9.17, 15) is 0 Å². The van der Waals surface area contributed by atoms with Crippen LogP contribution in [0.15, 0.2) is 53.6 Å². The van der Waals surface area contributed by atoms with Crippen LogP contribution in [-0.2, 0) is 0 Å². The lowest BCUT2D eigenvalue weighted by molar-refractivity contribution is 0.415. The molecule has 2 heterocycles. The number of anilines is 1. The van der Waals surface area contributed by atoms with Gasteiger partial charge in [0.2, 0.25) is 0 Å². The molecule has 4 rings (SSSR count). The summed E-state index contributed by atoms with van der Waals surface area (Å²) in [6.07, 6.45) is 0. The number of rotatable bonds is 4. The van der Waals surface area contributed by atoms with E-state index in [2.05, 4.69) is 30.7 Å². The molecule has 0 saturated carbocycles. The highest BCUT2D eigenvalue weighted by molar-refractivity contribution is 6.03. The standard InChI is InChI=1S/C18H16N6O/c1-11(12-7-9-13(25-2)10-8-12)21-23-18-20-17-16(22-24-18)14-5-3-4-6-15(14)19-17/h3-10H,1-2H3,(H2,19,20,23,24)/b21-11+. The largest absolute Gasteiger partial charge is 0.497 e. The number of H-pyrrole nitrogens is 1. The Hall–Kier alpha value is -3.48. The molecule has 0 aliphatic carbocycles. The van der Waals surface area contributed by atoms with Crippen molar-refractivity contribution in [1.29, 1.82) is 0 Å². The van der Waals surface area contributed by atoms with E-state index in [1.807, 2.05) is 55.5 Å². The lowest BCUT2D eigenvalue weighted by Gasteiger charge is -2.04. The molecule has 0 saturated heterocycles. The fraction of sp³-hybridized carbons (Fsp3) is 0.111. The third-order valence-electron chi connectivity index (χ3n) is 3.95. The van der Waals surface area contributed by atoms with Crippen molar-refractivity contribution in [2.45, 2.75) is 6.92 Å². The zero-order valence-corrected chi connectivity index (χ0v) is 13.8. The Morgan fingerprint density at radius 1 is 1.08 bits per heavy atom. The maximum atomic E-state index is 5.16. The molecule has 25 heavy (non-hydrogen) atoms. The molecule has 124 valence electrons. The summed E-state index contributed by atoms with van der Waals surface area (Å²) in [6, 6.07) is 15.6. The number of nitrogens with zero attached hydrogens (tertiary/aromatic N) is 4. The second-order valence-electron chi connectivity index (χ2n) is 5.54. The molecule has 0 atom stereocenters. The number of fused-ring (bicyclic) bond motifs is 3. The van der Waals surface area contributed by atoms with Gasteiger partial charge in [-0.25, -0.2) is 5.43 Å². The first-order valence-electron chi connectivity index (χ1n) is 7.80. The molecular formula is C18H16N6O. The molecule has 7 nitrogen and oxygen atoms in total. The van der Waals surface area contributed by atoms with Crippen molar-refractivity contribution < 1.29 is 4.74 Å². The van der Waals surface area contributed by atoms with Crippen molar-refractivity contribution in [1.82, 2.24) is 20.2 Å². The first-order chi connectivity index (χ1) is 12.2. The highest BCUT2D eigenvalue weighted by atomic mass is 16.5. The topological polar surface area (TPSA) is 88.1 Å². The summed E-state index contributed by atoms with van der Waals surface area (Å²) >= 11 is 0. The SMILES string of the molecule is COc1ccc(/C(C)=N/Nc2nnc3c(n2)[nH]c2ccccc23)cc1. The Morgan fingerprint density at radius 3 is 2.68 bits per heavy atom. The van der Waals surface area contributed by atoms with Gasteiger partial charge in [-0.05, 0) is 42.8 Å². The zero-order valence-electron chi connectivity index (χ0n) is 13.8. The number of aromatic nitrogens is 4. The second-order valence-corrected chi connectivity index (χ2v) is 5.54. The first kappa shape index (κ1) is 15.1. The molecule has 0 spiro atoms. The molecule has 0 bridgehead atoms. The summed E-state index contributed by atoms with van der Waals surface area (Å²) in [7, 11) is 1.64. The van der Waals surface area contributed by atoms with E-state index in [1.54, 1.807) is 7.11 Å². The van der Waals surface area contributed by atoms with Crippen molar-refractivity contribution in [2.24, 2.45) is 5.10 Å². The van der Waals surface area contributed by atoms with Gasteiger partial charge >= 0.3 is 0 Å². The summed E-state index contributed by atoms with van der Waals surface area (Å²) in [4.78, 5) is 7.67. The predicted octanol–water partition coefficient (Wildman–Crippen LogP) is 3.35. The minimum Gasteiger partial charge on any atom is -0.497 e. The monoisotopic (exact) mass is 332 g/mol. The predicted molar refractivity (Wildman–Crippen MR) is 98.0 cm³/mol. The van der Waals surface area contributed by atoms with Crippen LogP contribution in [0.3, 0.4) is 0 Å². The number of hydrogen-bond donors (Lipinski definition) is 2. The average molecular weight is 332 g/mol. The number of methoxy groups -OCH3 is 1. The molecular weight excluding hydrogens is 316 g/mol. The Bertz CT molecular complexity index is 1070. The first-order valence-corrected chi connectivity index (χ1v) is 7.80. The minimum absolute atomic E-state index is 0.340. The maximum absolute atomic E-state index is 5.16. The van der Waals surface area contributed by atoms with E-state index >= 15 is 0 Å². The lowest BCUT2D eigenvalue weighted by Crippen LogP contribution is -2.03. The highest BCUT2D eigenvalue weighted by Crippen LogP contribution is 2.21. The van der Waals surface area contributed by atoms with Gasteiger partial charge in [0.15, 0.2) is 5.65 Å². The molecule has 2 aromatic carbocycles. The molecule has 0 fully saturated rings. The van der Waals surface area contributed by atoms with Crippen molar-refractivity contribution in [3.05, 3.63) is 54.1 Å². The summed E-state index contributed by atoms with van der Waals surface area (Å²) in [5.74, 6) is 1.15. The van der Waals surface area contributed by atoms with Gasteiger partial charge in [0.05, 0.1) is 12.8 Å². The van der Waals surface area contributed by atoms with Gasteiger partial charge in [0.1, 0.15) is 11.3 Å².